The summed E-state index contributed by atoms with van der Waals surface area (Å²) in [5.41, 5.74) is 1.54. The van der Waals surface area contributed by atoms with Crippen LogP contribution in [0.3, 0.4) is 0 Å². The summed E-state index contributed by atoms with van der Waals surface area (Å²) in [5, 5.41) is 8.45. The molecule has 11 heteroatoms. The summed E-state index contributed by atoms with van der Waals surface area (Å²) in [4.78, 5) is 16.9. The Morgan fingerprint density at radius 2 is 2.12 bits per heavy atom. The largest absolute Gasteiger partial charge is 0.497 e. The number of carbonyl (C=O) groups is 1. The molecular weight excluding hydrogens is 452 g/mol. The zero-order valence-corrected chi connectivity index (χ0v) is 19.4. The number of carbonyl (C=O) groups excluding carboxylic acids is 1. The molecule has 3 aromatic rings. The van der Waals surface area contributed by atoms with E-state index in [1.54, 1.807) is 25.5 Å². The number of hydrogen-bond donors (Lipinski definition) is 1. The number of amides is 1. The SMILES string of the molecule is COc1ccc(CNC(=O)[C@H]2CCCN(S(=O)(=O)c3cc(-c4noc(C)n4)cs3)C2)cc1. The van der Waals surface area contributed by atoms with Crippen LogP contribution in [0.1, 0.15) is 24.3 Å². The van der Waals surface area contributed by atoms with Crippen LogP contribution in [0.5, 0.6) is 5.75 Å². The Hall–Kier alpha value is -2.76. The lowest BCUT2D eigenvalue weighted by Gasteiger charge is -2.30. The summed E-state index contributed by atoms with van der Waals surface area (Å²) in [6.45, 7) is 2.60. The maximum atomic E-state index is 13.2. The van der Waals surface area contributed by atoms with E-state index in [0.29, 0.717) is 43.2 Å². The first-order valence-corrected chi connectivity index (χ1v) is 12.5. The van der Waals surface area contributed by atoms with Crippen LogP contribution >= 0.6 is 11.3 Å². The molecule has 2 aromatic heterocycles. The molecule has 4 rings (SSSR count). The number of aromatic nitrogens is 2. The summed E-state index contributed by atoms with van der Waals surface area (Å²) in [6.07, 6.45) is 1.28. The van der Waals surface area contributed by atoms with Crippen LogP contribution in [0.2, 0.25) is 0 Å². The van der Waals surface area contributed by atoms with E-state index in [1.807, 2.05) is 24.3 Å². The lowest BCUT2D eigenvalue weighted by Crippen LogP contribution is -2.45. The van der Waals surface area contributed by atoms with Crippen LogP contribution in [0.15, 0.2) is 44.4 Å². The van der Waals surface area contributed by atoms with E-state index in [9.17, 15) is 13.2 Å². The van der Waals surface area contributed by atoms with Crippen molar-refractivity contribution in [3.05, 3.63) is 47.2 Å². The van der Waals surface area contributed by atoms with Crippen LogP contribution in [-0.4, -0.2) is 49.0 Å². The number of aryl methyl sites for hydroxylation is 1. The maximum absolute atomic E-state index is 13.2. The molecule has 170 valence electrons. The van der Waals surface area contributed by atoms with Gasteiger partial charge in [-0.05, 0) is 36.6 Å². The van der Waals surface area contributed by atoms with E-state index in [-0.39, 0.29) is 16.7 Å². The fraction of sp³-hybridized carbons (Fsp3) is 0.381. The highest BCUT2D eigenvalue weighted by atomic mass is 32.2. The van der Waals surface area contributed by atoms with Gasteiger partial charge in [-0.25, -0.2) is 8.42 Å². The number of hydrogen-bond acceptors (Lipinski definition) is 8. The third kappa shape index (κ3) is 4.84. The summed E-state index contributed by atoms with van der Waals surface area (Å²) in [5.74, 6) is 0.982. The number of nitrogens with zero attached hydrogens (tertiary/aromatic N) is 3. The molecule has 1 atom stereocenters. The van der Waals surface area contributed by atoms with Crippen LogP contribution in [-0.2, 0) is 21.4 Å². The highest BCUT2D eigenvalue weighted by molar-refractivity contribution is 7.91. The Balaban J connectivity index is 1.40. The molecule has 0 bridgehead atoms. The standard InChI is InChI=1S/C21H24N4O5S2/c1-14-23-20(24-30-14)17-10-19(31-13-17)32(27,28)25-9-3-4-16(12-25)21(26)22-11-15-5-7-18(29-2)8-6-15/h5-8,10,13,16H,3-4,9,11-12H2,1-2H3,(H,22,26)/t16-/m0/s1. The zero-order valence-electron chi connectivity index (χ0n) is 17.8. The fourth-order valence-electron chi connectivity index (χ4n) is 3.56. The third-order valence-electron chi connectivity index (χ3n) is 5.34. The molecule has 1 aliphatic heterocycles. The minimum atomic E-state index is -3.71. The Bertz CT molecular complexity index is 1190. The summed E-state index contributed by atoms with van der Waals surface area (Å²) in [7, 11) is -2.11. The average molecular weight is 477 g/mol. The molecule has 0 spiro atoms. The second-order valence-electron chi connectivity index (χ2n) is 7.56. The molecule has 1 aliphatic rings. The van der Waals surface area contributed by atoms with Crippen LogP contribution < -0.4 is 10.1 Å². The number of benzene rings is 1. The van der Waals surface area contributed by atoms with Gasteiger partial charge in [0, 0.05) is 37.5 Å². The van der Waals surface area contributed by atoms with Crippen molar-refractivity contribution < 1.29 is 22.5 Å². The quantitative estimate of drug-likeness (QED) is 0.558. The fourth-order valence-corrected chi connectivity index (χ4v) is 6.40. The van der Waals surface area contributed by atoms with Crippen LogP contribution in [0.4, 0.5) is 0 Å². The number of thiophene rings is 1. The van der Waals surface area contributed by atoms with Gasteiger partial charge >= 0.3 is 0 Å². The predicted octanol–water partition coefficient (Wildman–Crippen LogP) is 2.83. The molecule has 0 unspecified atom stereocenters. The minimum absolute atomic E-state index is 0.144. The Labute approximate surface area is 190 Å². The lowest BCUT2D eigenvalue weighted by atomic mass is 9.99. The van der Waals surface area contributed by atoms with Gasteiger partial charge in [0.25, 0.3) is 10.0 Å². The van der Waals surface area contributed by atoms with Crippen molar-refractivity contribution in [3.8, 4) is 17.1 Å². The third-order valence-corrected chi connectivity index (χ3v) is 8.62. The van der Waals surface area contributed by atoms with Crippen molar-refractivity contribution in [2.45, 2.75) is 30.5 Å². The molecule has 0 aliphatic carbocycles. The highest BCUT2D eigenvalue weighted by Gasteiger charge is 2.34. The minimum Gasteiger partial charge on any atom is -0.497 e. The van der Waals surface area contributed by atoms with Gasteiger partial charge in [-0.3, -0.25) is 4.79 Å². The van der Waals surface area contributed by atoms with Gasteiger partial charge in [-0.2, -0.15) is 9.29 Å². The van der Waals surface area contributed by atoms with Gasteiger partial charge in [0.2, 0.25) is 17.6 Å². The van der Waals surface area contributed by atoms with E-state index >= 15 is 0 Å². The molecule has 0 saturated carbocycles. The second kappa shape index (κ2) is 9.39. The highest BCUT2D eigenvalue weighted by Crippen LogP contribution is 2.31. The number of rotatable bonds is 7. The van der Waals surface area contributed by atoms with Gasteiger partial charge in [-0.1, -0.05) is 17.3 Å². The van der Waals surface area contributed by atoms with Crippen molar-refractivity contribution in [1.29, 1.82) is 0 Å². The van der Waals surface area contributed by atoms with Gasteiger partial charge in [0.15, 0.2) is 0 Å². The second-order valence-corrected chi connectivity index (χ2v) is 10.6. The van der Waals surface area contributed by atoms with E-state index in [2.05, 4.69) is 15.5 Å². The number of methoxy groups -OCH3 is 1. The molecule has 1 aromatic carbocycles. The van der Waals surface area contributed by atoms with Gasteiger partial charge in [0.05, 0.1) is 13.0 Å². The zero-order chi connectivity index (χ0) is 22.7. The monoisotopic (exact) mass is 476 g/mol. The van der Waals surface area contributed by atoms with E-state index < -0.39 is 15.9 Å². The lowest BCUT2D eigenvalue weighted by molar-refractivity contribution is -0.126. The van der Waals surface area contributed by atoms with E-state index in [4.69, 9.17) is 9.26 Å². The molecule has 1 saturated heterocycles. The van der Waals surface area contributed by atoms with Gasteiger partial charge < -0.3 is 14.6 Å². The van der Waals surface area contributed by atoms with Crippen molar-refractivity contribution in [2.24, 2.45) is 5.92 Å². The normalized spacial score (nSPS) is 17.2. The first kappa shape index (κ1) is 22.4. The predicted molar refractivity (Wildman–Crippen MR) is 119 cm³/mol. The molecule has 3 heterocycles. The first-order valence-electron chi connectivity index (χ1n) is 10.2. The Kier molecular flexibility index (Phi) is 6.58. The smallest absolute Gasteiger partial charge is 0.252 e. The molecular formula is C21H24N4O5S2. The number of piperidine rings is 1. The van der Waals surface area contributed by atoms with E-state index in [0.717, 1.165) is 22.6 Å². The molecule has 1 fully saturated rings. The number of nitrogens with one attached hydrogen (secondary N) is 1. The van der Waals surface area contributed by atoms with Crippen LogP contribution in [0.25, 0.3) is 11.4 Å². The molecule has 0 radical (unpaired) electrons. The summed E-state index contributed by atoms with van der Waals surface area (Å²) >= 11 is 1.11. The maximum Gasteiger partial charge on any atom is 0.252 e. The summed E-state index contributed by atoms with van der Waals surface area (Å²) < 4.78 is 38.1. The molecule has 32 heavy (non-hydrogen) atoms. The van der Waals surface area contributed by atoms with Gasteiger partial charge in [-0.15, -0.1) is 11.3 Å². The summed E-state index contributed by atoms with van der Waals surface area (Å²) in [6, 6.07) is 8.99. The van der Waals surface area contributed by atoms with Crippen molar-refractivity contribution in [1.82, 2.24) is 19.8 Å². The number of sulfonamides is 1. The first-order chi connectivity index (χ1) is 15.4. The topological polar surface area (TPSA) is 115 Å². The Morgan fingerprint density at radius 3 is 2.81 bits per heavy atom. The molecule has 1 amide bonds. The van der Waals surface area contributed by atoms with Crippen molar-refractivity contribution >= 4 is 27.3 Å². The number of ether oxygens (including phenoxy) is 1. The molecule has 9 nitrogen and oxygen atoms in total. The van der Waals surface area contributed by atoms with Crippen LogP contribution in [0, 0.1) is 12.8 Å². The van der Waals surface area contributed by atoms with E-state index in [1.165, 1.54) is 4.31 Å². The molecule has 1 N–H and O–H groups in total. The average Bonchev–Trinajstić information content (AvgIpc) is 3.47. The van der Waals surface area contributed by atoms with Gasteiger partial charge in [0.1, 0.15) is 9.96 Å². The van der Waals surface area contributed by atoms with Crippen molar-refractivity contribution in [3.63, 3.8) is 0 Å². The Morgan fingerprint density at radius 1 is 1.34 bits per heavy atom. The van der Waals surface area contributed by atoms with Crippen molar-refractivity contribution in [2.75, 3.05) is 20.2 Å².